The molecule has 84 valence electrons. The molecule has 1 heterocycles. The standard InChI is InChI=1S/C12H20N2O/c13-10(8-12-6-3-7-15-12)9-14-11-4-1-2-5-11/h3,6-7,10-11,14H,1-2,4-5,8-9,13H2. The largest absolute Gasteiger partial charge is 0.469 e. The quantitative estimate of drug-likeness (QED) is 0.774. The molecule has 1 saturated carbocycles. The second-order valence-electron chi connectivity index (χ2n) is 4.43. The summed E-state index contributed by atoms with van der Waals surface area (Å²) in [6, 6.07) is 4.76. The molecule has 3 heteroatoms. The lowest BCUT2D eigenvalue weighted by Gasteiger charge is -2.15. The van der Waals surface area contributed by atoms with Gasteiger partial charge in [-0.3, -0.25) is 0 Å². The zero-order valence-electron chi connectivity index (χ0n) is 9.11. The summed E-state index contributed by atoms with van der Waals surface area (Å²) >= 11 is 0. The zero-order chi connectivity index (χ0) is 10.5. The molecule has 0 saturated heterocycles. The maximum Gasteiger partial charge on any atom is 0.105 e. The van der Waals surface area contributed by atoms with Crippen LogP contribution >= 0.6 is 0 Å². The van der Waals surface area contributed by atoms with E-state index < -0.39 is 0 Å². The summed E-state index contributed by atoms with van der Waals surface area (Å²) in [4.78, 5) is 0. The molecule has 2 rings (SSSR count). The van der Waals surface area contributed by atoms with E-state index in [4.69, 9.17) is 10.2 Å². The van der Waals surface area contributed by atoms with Crippen LogP contribution in [0.1, 0.15) is 31.4 Å². The molecule has 3 N–H and O–H groups in total. The normalized spacial score (nSPS) is 19.5. The molecular weight excluding hydrogens is 188 g/mol. The van der Waals surface area contributed by atoms with Crippen molar-refractivity contribution in [1.29, 1.82) is 0 Å². The fourth-order valence-corrected chi connectivity index (χ4v) is 2.21. The maximum atomic E-state index is 6.02. The van der Waals surface area contributed by atoms with Gasteiger partial charge >= 0.3 is 0 Å². The van der Waals surface area contributed by atoms with Gasteiger partial charge in [-0.15, -0.1) is 0 Å². The molecular formula is C12H20N2O. The summed E-state index contributed by atoms with van der Waals surface area (Å²) < 4.78 is 5.27. The number of hydrogen-bond donors (Lipinski definition) is 2. The predicted octanol–water partition coefficient (Wildman–Crippen LogP) is 1.68. The lowest BCUT2D eigenvalue weighted by Crippen LogP contribution is -2.39. The predicted molar refractivity (Wildman–Crippen MR) is 60.6 cm³/mol. The Labute approximate surface area is 91.0 Å². The summed E-state index contributed by atoms with van der Waals surface area (Å²) in [7, 11) is 0. The highest BCUT2D eigenvalue weighted by molar-refractivity contribution is 5.00. The van der Waals surface area contributed by atoms with Gasteiger partial charge in [0.05, 0.1) is 6.26 Å². The van der Waals surface area contributed by atoms with Crippen LogP contribution in [0.2, 0.25) is 0 Å². The highest BCUT2D eigenvalue weighted by atomic mass is 16.3. The molecule has 0 spiro atoms. The third-order valence-electron chi connectivity index (χ3n) is 3.07. The van der Waals surface area contributed by atoms with Crippen molar-refractivity contribution in [2.45, 2.75) is 44.2 Å². The van der Waals surface area contributed by atoms with Crippen LogP contribution in [0.15, 0.2) is 22.8 Å². The molecule has 3 nitrogen and oxygen atoms in total. The summed E-state index contributed by atoms with van der Waals surface area (Å²) in [5.74, 6) is 0.982. The Hall–Kier alpha value is -0.800. The Bertz CT molecular complexity index is 265. The average Bonchev–Trinajstić information content (AvgIpc) is 2.86. The molecule has 15 heavy (non-hydrogen) atoms. The second-order valence-corrected chi connectivity index (χ2v) is 4.43. The van der Waals surface area contributed by atoms with Gasteiger partial charge in [0.25, 0.3) is 0 Å². The van der Waals surface area contributed by atoms with Gasteiger partial charge in [0.15, 0.2) is 0 Å². The smallest absolute Gasteiger partial charge is 0.105 e. The van der Waals surface area contributed by atoms with Crippen LogP contribution in [0.5, 0.6) is 0 Å². The topological polar surface area (TPSA) is 51.2 Å². The first-order chi connectivity index (χ1) is 7.34. The Balaban J connectivity index is 1.66. The van der Waals surface area contributed by atoms with Gasteiger partial charge in [0, 0.05) is 25.0 Å². The number of nitrogens with two attached hydrogens (primary N) is 1. The van der Waals surface area contributed by atoms with Crippen molar-refractivity contribution in [2.75, 3.05) is 6.54 Å². The van der Waals surface area contributed by atoms with E-state index in [1.54, 1.807) is 6.26 Å². The van der Waals surface area contributed by atoms with Crippen molar-refractivity contribution in [3.63, 3.8) is 0 Å². The highest BCUT2D eigenvalue weighted by Gasteiger charge is 2.15. The van der Waals surface area contributed by atoms with Crippen molar-refractivity contribution < 1.29 is 4.42 Å². The lowest BCUT2D eigenvalue weighted by molar-refractivity contribution is 0.446. The highest BCUT2D eigenvalue weighted by Crippen LogP contribution is 2.17. The molecule has 1 aromatic rings. The van der Waals surface area contributed by atoms with Crippen LogP contribution in [-0.2, 0) is 6.42 Å². The first kappa shape index (κ1) is 10.7. The fourth-order valence-electron chi connectivity index (χ4n) is 2.21. The monoisotopic (exact) mass is 208 g/mol. The molecule has 1 atom stereocenters. The van der Waals surface area contributed by atoms with E-state index >= 15 is 0 Å². The first-order valence-electron chi connectivity index (χ1n) is 5.86. The summed E-state index contributed by atoms with van der Waals surface area (Å²) in [5, 5.41) is 3.53. The number of rotatable bonds is 5. The van der Waals surface area contributed by atoms with Crippen LogP contribution in [0.3, 0.4) is 0 Å². The van der Waals surface area contributed by atoms with Crippen molar-refractivity contribution in [2.24, 2.45) is 5.73 Å². The van der Waals surface area contributed by atoms with Crippen LogP contribution < -0.4 is 11.1 Å². The molecule has 0 radical (unpaired) electrons. The van der Waals surface area contributed by atoms with Gasteiger partial charge in [0.2, 0.25) is 0 Å². The van der Waals surface area contributed by atoms with Gasteiger partial charge in [-0.2, -0.15) is 0 Å². The van der Waals surface area contributed by atoms with Crippen LogP contribution in [-0.4, -0.2) is 18.6 Å². The van der Waals surface area contributed by atoms with E-state index in [1.165, 1.54) is 25.7 Å². The van der Waals surface area contributed by atoms with E-state index in [1.807, 2.05) is 12.1 Å². The van der Waals surface area contributed by atoms with E-state index in [0.29, 0.717) is 6.04 Å². The van der Waals surface area contributed by atoms with Gasteiger partial charge in [-0.05, 0) is 25.0 Å². The SMILES string of the molecule is NC(CNC1CCCC1)Cc1ccco1. The van der Waals surface area contributed by atoms with Crippen molar-refractivity contribution in [3.8, 4) is 0 Å². The molecule has 1 aliphatic carbocycles. The molecule has 1 fully saturated rings. The lowest BCUT2D eigenvalue weighted by atomic mass is 10.1. The van der Waals surface area contributed by atoms with E-state index in [9.17, 15) is 0 Å². The van der Waals surface area contributed by atoms with Crippen LogP contribution in [0.4, 0.5) is 0 Å². The first-order valence-corrected chi connectivity index (χ1v) is 5.86. The maximum absolute atomic E-state index is 6.02. The molecule has 1 aliphatic rings. The van der Waals surface area contributed by atoms with Crippen LogP contribution in [0, 0.1) is 0 Å². The summed E-state index contributed by atoms with van der Waals surface area (Å²) in [6.45, 7) is 0.894. The molecule has 1 unspecified atom stereocenters. The number of hydrogen-bond acceptors (Lipinski definition) is 3. The Morgan fingerprint density at radius 1 is 1.47 bits per heavy atom. The van der Waals surface area contributed by atoms with E-state index in [0.717, 1.165) is 18.7 Å². The van der Waals surface area contributed by atoms with Gasteiger partial charge in [0.1, 0.15) is 5.76 Å². The molecule has 0 amide bonds. The van der Waals surface area contributed by atoms with Gasteiger partial charge in [-0.1, -0.05) is 12.8 Å². The van der Waals surface area contributed by atoms with Crippen LogP contribution in [0.25, 0.3) is 0 Å². The summed E-state index contributed by atoms with van der Waals surface area (Å²) in [5.41, 5.74) is 6.02. The molecule has 1 aromatic heterocycles. The Kier molecular flexibility index (Phi) is 3.80. The summed E-state index contributed by atoms with van der Waals surface area (Å²) in [6.07, 6.45) is 7.89. The Morgan fingerprint density at radius 3 is 2.93 bits per heavy atom. The van der Waals surface area contributed by atoms with Gasteiger partial charge in [-0.25, -0.2) is 0 Å². The third-order valence-corrected chi connectivity index (χ3v) is 3.07. The van der Waals surface area contributed by atoms with E-state index in [-0.39, 0.29) is 6.04 Å². The Morgan fingerprint density at radius 2 is 2.27 bits per heavy atom. The second kappa shape index (κ2) is 5.33. The average molecular weight is 208 g/mol. The fraction of sp³-hybridized carbons (Fsp3) is 0.667. The number of nitrogens with one attached hydrogen (secondary N) is 1. The van der Waals surface area contributed by atoms with Crippen molar-refractivity contribution in [3.05, 3.63) is 24.2 Å². The molecule has 0 bridgehead atoms. The van der Waals surface area contributed by atoms with E-state index in [2.05, 4.69) is 5.32 Å². The number of furan rings is 1. The third kappa shape index (κ3) is 3.36. The minimum absolute atomic E-state index is 0.164. The van der Waals surface area contributed by atoms with Crippen molar-refractivity contribution >= 4 is 0 Å². The van der Waals surface area contributed by atoms with Gasteiger partial charge < -0.3 is 15.5 Å². The molecule has 0 aromatic carbocycles. The van der Waals surface area contributed by atoms with Crippen molar-refractivity contribution in [1.82, 2.24) is 5.32 Å². The zero-order valence-corrected chi connectivity index (χ0v) is 9.11. The minimum atomic E-state index is 0.164. The minimum Gasteiger partial charge on any atom is -0.469 e. The molecule has 0 aliphatic heterocycles.